The Balaban J connectivity index is 0.00000364. The van der Waals surface area contributed by atoms with Gasteiger partial charge >= 0.3 is 0 Å². The highest BCUT2D eigenvalue weighted by atomic mass is 35.5. The molecular formula is C17H27ClN4O4S. The maximum atomic E-state index is 12.7. The monoisotopic (exact) mass is 418 g/mol. The highest BCUT2D eigenvalue weighted by Crippen LogP contribution is 2.20. The zero-order chi connectivity index (χ0) is 19.0. The molecule has 1 aliphatic rings. The minimum Gasteiger partial charge on any atom is -0.354 e. The number of amides is 2. The van der Waals surface area contributed by atoms with Gasteiger partial charge in [-0.15, -0.1) is 12.4 Å². The molecule has 1 aromatic rings. The van der Waals surface area contributed by atoms with E-state index in [9.17, 15) is 18.0 Å². The van der Waals surface area contributed by atoms with E-state index in [1.54, 1.807) is 12.1 Å². The van der Waals surface area contributed by atoms with Crippen molar-refractivity contribution in [2.75, 3.05) is 31.5 Å². The van der Waals surface area contributed by atoms with E-state index in [0.717, 1.165) is 30.0 Å². The van der Waals surface area contributed by atoms with Crippen molar-refractivity contribution in [1.29, 1.82) is 0 Å². The third-order valence-electron chi connectivity index (χ3n) is 4.12. The number of nitrogens with zero attached hydrogens (tertiary/aromatic N) is 1. The summed E-state index contributed by atoms with van der Waals surface area (Å²) in [6.45, 7) is 0.986. The molecule has 0 aliphatic carbocycles. The van der Waals surface area contributed by atoms with Crippen LogP contribution in [0.15, 0.2) is 29.2 Å². The topological polar surface area (TPSA) is 122 Å². The first-order valence-corrected chi connectivity index (χ1v) is 10.2. The number of rotatable bonds is 9. The van der Waals surface area contributed by atoms with Gasteiger partial charge in [-0.1, -0.05) is 18.9 Å². The molecule has 0 radical (unpaired) electrons. The molecule has 4 N–H and O–H groups in total. The minimum absolute atomic E-state index is 0. The van der Waals surface area contributed by atoms with Crippen LogP contribution in [0.2, 0.25) is 0 Å². The third-order valence-corrected chi connectivity index (χ3v) is 5.96. The zero-order valence-electron chi connectivity index (χ0n) is 15.1. The molecule has 0 spiro atoms. The van der Waals surface area contributed by atoms with Crippen molar-refractivity contribution < 1.29 is 18.0 Å². The Hall–Kier alpha value is -1.68. The summed E-state index contributed by atoms with van der Waals surface area (Å²) >= 11 is 0. The van der Waals surface area contributed by atoms with Crippen LogP contribution < -0.4 is 16.4 Å². The molecule has 0 bridgehead atoms. The molecule has 2 amide bonds. The van der Waals surface area contributed by atoms with Gasteiger partial charge in [0.2, 0.25) is 21.8 Å². The fraction of sp³-hybridized carbons (Fsp3) is 0.529. The molecule has 27 heavy (non-hydrogen) atoms. The van der Waals surface area contributed by atoms with Crippen LogP contribution >= 0.6 is 12.4 Å². The van der Waals surface area contributed by atoms with Gasteiger partial charge in [0.15, 0.2) is 0 Å². The van der Waals surface area contributed by atoms with Gasteiger partial charge in [-0.25, -0.2) is 8.42 Å². The summed E-state index contributed by atoms with van der Waals surface area (Å²) < 4.78 is 26.5. The Bertz CT molecular complexity index is 742. The number of hydrogen-bond acceptors (Lipinski definition) is 5. The van der Waals surface area contributed by atoms with Gasteiger partial charge in [-0.2, -0.15) is 4.31 Å². The van der Waals surface area contributed by atoms with E-state index < -0.39 is 10.0 Å². The smallest absolute Gasteiger partial charge is 0.243 e. The maximum absolute atomic E-state index is 12.7. The molecule has 1 aromatic carbocycles. The third kappa shape index (κ3) is 7.10. The summed E-state index contributed by atoms with van der Waals surface area (Å²) in [4.78, 5) is 23.5. The number of carbonyl (C=O) groups excluding carboxylic acids is 2. The molecule has 0 atom stereocenters. The van der Waals surface area contributed by atoms with E-state index in [0.29, 0.717) is 25.2 Å². The van der Waals surface area contributed by atoms with Crippen molar-refractivity contribution in [2.24, 2.45) is 5.73 Å². The van der Waals surface area contributed by atoms with Crippen LogP contribution in [0, 0.1) is 0 Å². The average Bonchev–Trinajstić information content (AvgIpc) is 2.62. The van der Waals surface area contributed by atoms with E-state index in [-0.39, 0.29) is 42.2 Å². The van der Waals surface area contributed by atoms with Gasteiger partial charge in [0.25, 0.3) is 0 Å². The fourth-order valence-corrected chi connectivity index (χ4v) is 4.15. The predicted molar refractivity (Wildman–Crippen MR) is 106 cm³/mol. The van der Waals surface area contributed by atoms with Gasteiger partial charge in [0.05, 0.1) is 11.4 Å². The molecule has 1 aliphatic heterocycles. The van der Waals surface area contributed by atoms with Crippen molar-refractivity contribution >= 4 is 39.9 Å². The molecule has 1 heterocycles. The van der Waals surface area contributed by atoms with Crippen molar-refractivity contribution in [3.05, 3.63) is 24.3 Å². The van der Waals surface area contributed by atoms with Crippen molar-refractivity contribution in [3.63, 3.8) is 0 Å². The zero-order valence-corrected chi connectivity index (χ0v) is 16.8. The van der Waals surface area contributed by atoms with Gasteiger partial charge in [-0.3, -0.25) is 9.59 Å². The number of piperazine rings is 1. The summed E-state index contributed by atoms with van der Waals surface area (Å²) in [6, 6.07) is 6.11. The molecule has 1 saturated heterocycles. The largest absolute Gasteiger partial charge is 0.354 e. The number of carbonyl (C=O) groups is 2. The number of anilines is 1. The number of halogens is 1. The SMILES string of the molecule is Cl.NCCCCCCC(=O)Nc1cccc(S(=O)(=O)N2CCNC(=O)C2)c1. The summed E-state index contributed by atoms with van der Waals surface area (Å²) in [5, 5.41) is 5.33. The van der Waals surface area contributed by atoms with Crippen molar-refractivity contribution in [2.45, 2.75) is 37.0 Å². The van der Waals surface area contributed by atoms with Gasteiger partial charge in [0.1, 0.15) is 0 Å². The Morgan fingerprint density at radius 2 is 1.96 bits per heavy atom. The molecule has 0 aromatic heterocycles. The van der Waals surface area contributed by atoms with E-state index in [1.807, 2.05) is 0 Å². The fourth-order valence-electron chi connectivity index (χ4n) is 2.71. The summed E-state index contributed by atoms with van der Waals surface area (Å²) in [7, 11) is -3.77. The Morgan fingerprint density at radius 3 is 2.67 bits per heavy atom. The highest BCUT2D eigenvalue weighted by molar-refractivity contribution is 7.89. The lowest BCUT2D eigenvalue weighted by Crippen LogP contribution is -2.49. The first-order chi connectivity index (χ1) is 12.4. The van der Waals surface area contributed by atoms with Crippen molar-refractivity contribution in [1.82, 2.24) is 9.62 Å². The maximum Gasteiger partial charge on any atom is 0.243 e. The average molecular weight is 419 g/mol. The van der Waals surface area contributed by atoms with E-state index >= 15 is 0 Å². The summed E-state index contributed by atoms with van der Waals surface area (Å²) in [6.07, 6.45) is 4.05. The normalized spacial score (nSPS) is 14.9. The number of benzene rings is 1. The van der Waals surface area contributed by atoms with E-state index in [4.69, 9.17) is 5.73 Å². The van der Waals surface area contributed by atoms with Crippen LogP contribution in [0.5, 0.6) is 0 Å². The molecule has 0 saturated carbocycles. The molecular weight excluding hydrogens is 392 g/mol. The summed E-state index contributed by atoms with van der Waals surface area (Å²) in [5.74, 6) is -0.469. The lowest BCUT2D eigenvalue weighted by Gasteiger charge is -2.26. The summed E-state index contributed by atoms with van der Waals surface area (Å²) in [5.41, 5.74) is 5.86. The number of nitrogens with two attached hydrogens (primary N) is 1. The van der Waals surface area contributed by atoms with Crippen LogP contribution in [0.1, 0.15) is 32.1 Å². The molecule has 1 fully saturated rings. The van der Waals surface area contributed by atoms with Gasteiger partial charge < -0.3 is 16.4 Å². The lowest BCUT2D eigenvalue weighted by molar-refractivity contribution is -0.122. The molecule has 10 heteroatoms. The van der Waals surface area contributed by atoms with Crippen LogP contribution in [0.25, 0.3) is 0 Å². The predicted octanol–water partition coefficient (Wildman–Crippen LogP) is 1.08. The number of sulfonamides is 1. The Labute approximate surface area is 166 Å². The molecule has 152 valence electrons. The quantitative estimate of drug-likeness (QED) is 0.518. The molecule has 8 nitrogen and oxygen atoms in total. The van der Waals surface area contributed by atoms with Gasteiger partial charge in [-0.05, 0) is 37.6 Å². The minimum atomic E-state index is -3.77. The van der Waals surface area contributed by atoms with E-state index in [1.165, 1.54) is 12.1 Å². The Morgan fingerprint density at radius 1 is 1.22 bits per heavy atom. The Kier molecular flexibility index (Phi) is 9.71. The number of nitrogens with one attached hydrogen (secondary N) is 2. The first kappa shape index (κ1) is 23.4. The van der Waals surface area contributed by atoms with Crippen LogP contribution in [-0.4, -0.2) is 50.7 Å². The second-order valence-electron chi connectivity index (χ2n) is 6.22. The highest BCUT2D eigenvalue weighted by Gasteiger charge is 2.29. The van der Waals surface area contributed by atoms with Crippen molar-refractivity contribution in [3.8, 4) is 0 Å². The number of unbranched alkanes of at least 4 members (excludes halogenated alkanes) is 3. The lowest BCUT2D eigenvalue weighted by atomic mass is 10.1. The van der Waals surface area contributed by atoms with Crippen LogP contribution in [0.3, 0.4) is 0 Å². The molecule has 2 rings (SSSR count). The standard InChI is InChI=1S/C17H26N4O4S.ClH/c18-9-4-2-1-3-8-16(22)20-14-6-5-7-15(12-14)26(24,25)21-11-10-19-17(23)13-21;/h5-7,12H,1-4,8-11,13,18H2,(H,19,23)(H,20,22);1H. The second-order valence-corrected chi connectivity index (χ2v) is 8.16. The first-order valence-electron chi connectivity index (χ1n) is 8.80. The van der Waals surface area contributed by atoms with Crippen LogP contribution in [0.4, 0.5) is 5.69 Å². The second kappa shape index (κ2) is 11.2. The molecule has 0 unspecified atom stereocenters. The van der Waals surface area contributed by atoms with Crippen LogP contribution in [-0.2, 0) is 19.6 Å². The number of hydrogen-bond donors (Lipinski definition) is 3. The van der Waals surface area contributed by atoms with E-state index in [2.05, 4.69) is 10.6 Å². The van der Waals surface area contributed by atoms with Gasteiger partial charge in [0, 0.05) is 25.2 Å².